The Labute approximate surface area is 188 Å². The predicted molar refractivity (Wildman–Crippen MR) is 121 cm³/mol. The number of likely N-dealkylation sites (tertiary alicyclic amines) is 1. The Morgan fingerprint density at radius 1 is 1.12 bits per heavy atom. The summed E-state index contributed by atoms with van der Waals surface area (Å²) in [6.07, 6.45) is 2.69. The first kappa shape index (κ1) is 21.0. The van der Waals surface area contributed by atoms with Gasteiger partial charge in [0.2, 0.25) is 11.8 Å². The van der Waals surface area contributed by atoms with E-state index in [-0.39, 0.29) is 17.9 Å². The first-order valence-corrected chi connectivity index (χ1v) is 11.5. The van der Waals surface area contributed by atoms with E-state index < -0.39 is 0 Å². The summed E-state index contributed by atoms with van der Waals surface area (Å²) in [6, 6.07) is 13.1. The van der Waals surface area contributed by atoms with Crippen LogP contribution in [0.2, 0.25) is 0 Å². The van der Waals surface area contributed by atoms with Crippen LogP contribution < -0.4 is 14.8 Å². The molecule has 168 valence electrons. The summed E-state index contributed by atoms with van der Waals surface area (Å²) < 4.78 is 11.3. The molecule has 2 aromatic carbocycles. The highest BCUT2D eigenvalue weighted by atomic mass is 16.5. The van der Waals surface area contributed by atoms with Gasteiger partial charge in [-0.25, -0.2) is 0 Å². The zero-order chi connectivity index (χ0) is 22.2. The van der Waals surface area contributed by atoms with Crippen molar-refractivity contribution in [3.63, 3.8) is 0 Å². The van der Waals surface area contributed by atoms with Gasteiger partial charge in [0.1, 0.15) is 11.5 Å². The Balaban J connectivity index is 1.20. The van der Waals surface area contributed by atoms with Crippen LogP contribution in [0.15, 0.2) is 36.4 Å². The molecule has 1 saturated carbocycles. The Hall–Kier alpha value is -2.86. The van der Waals surface area contributed by atoms with Crippen molar-refractivity contribution in [3.05, 3.63) is 58.7 Å². The molecule has 1 saturated heterocycles. The number of hydrogen-bond acceptors (Lipinski definition) is 5. The fraction of sp³-hybridized carbons (Fsp3) is 0.462. The Morgan fingerprint density at radius 2 is 1.94 bits per heavy atom. The van der Waals surface area contributed by atoms with E-state index in [4.69, 9.17) is 9.47 Å². The molecule has 1 aliphatic carbocycles. The number of rotatable bonds is 8. The highest BCUT2D eigenvalue weighted by molar-refractivity contribution is 6.01. The normalized spacial score (nSPS) is 22.6. The van der Waals surface area contributed by atoms with Gasteiger partial charge in [0, 0.05) is 38.4 Å². The Kier molecular flexibility index (Phi) is 5.64. The van der Waals surface area contributed by atoms with Crippen LogP contribution in [0.1, 0.15) is 60.4 Å². The number of imide groups is 1. The monoisotopic (exact) mass is 434 g/mol. The lowest BCUT2D eigenvalue weighted by Crippen LogP contribution is -2.31. The maximum Gasteiger partial charge on any atom is 0.229 e. The summed E-state index contributed by atoms with van der Waals surface area (Å²) in [5, 5.41) is 3.61. The molecule has 2 heterocycles. The maximum atomic E-state index is 11.9. The molecule has 3 unspecified atom stereocenters. The van der Waals surface area contributed by atoms with Crippen molar-refractivity contribution in [2.24, 2.45) is 5.92 Å². The summed E-state index contributed by atoms with van der Waals surface area (Å²) in [6.45, 7) is 4.24. The number of ether oxygens (including phenoxy) is 2. The van der Waals surface area contributed by atoms with Crippen molar-refractivity contribution in [1.82, 2.24) is 10.2 Å². The van der Waals surface area contributed by atoms with Crippen LogP contribution in [0.25, 0.3) is 0 Å². The van der Waals surface area contributed by atoms with E-state index in [9.17, 15) is 9.59 Å². The molecule has 0 bridgehead atoms. The lowest BCUT2D eigenvalue weighted by molar-refractivity contribution is -0.138. The summed E-state index contributed by atoms with van der Waals surface area (Å²) in [7, 11) is 1.70. The van der Waals surface area contributed by atoms with Gasteiger partial charge in [-0.1, -0.05) is 24.3 Å². The molecule has 3 aliphatic rings. The fourth-order valence-corrected chi connectivity index (χ4v) is 4.93. The first-order valence-electron chi connectivity index (χ1n) is 11.5. The number of nitrogens with one attached hydrogen (secondary N) is 1. The minimum atomic E-state index is -0.0287. The summed E-state index contributed by atoms with van der Waals surface area (Å²) in [4.78, 5) is 25.3. The number of amides is 2. The van der Waals surface area contributed by atoms with Gasteiger partial charge in [0.05, 0.1) is 13.7 Å². The maximum absolute atomic E-state index is 11.9. The molecule has 2 amide bonds. The number of hydrogen-bond donors (Lipinski definition) is 1. The summed E-state index contributed by atoms with van der Waals surface area (Å²) >= 11 is 0. The molecule has 0 aromatic heterocycles. The smallest absolute Gasteiger partial charge is 0.229 e. The van der Waals surface area contributed by atoms with Gasteiger partial charge in [-0.15, -0.1) is 0 Å². The van der Waals surface area contributed by atoms with Crippen molar-refractivity contribution in [2.45, 2.75) is 51.1 Å². The molecule has 0 spiro atoms. The number of nitrogens with zero attached hydrogens (tertiary/aromatic N) is 1. The predicted octanol–water partition coefficient (Wildman–Crippen LogP) is 3.73. The van der Waals surface area contributed by atoms with Gasteiger partial charge < -0.3 is 14.8 Å². The molecular formula is C26H30N2O4. The quantitative estimate of drug-likeness (QED) is 0.641. The molecular weight excluding hydrogens is 404 g/mol. The molecule has 6 heteroatoms. The van der Waals surface area contributed by atoms with E-state index >= 15 is 0 Å². The molecule has 2 aromatic rings. The second-order valence-corrected chi connectivity index (χ2v) is 9.14. The largest absolute Gasteiger partial charge is 0.496 e. The molecule has 1 N–H and O–H groups in total. The molecule has 0 radical (unpaired) electrons. The molecule has 2 fully saturated rings. The minimum absolute atomic E-state index is 0.0287. The third-order valence-corrected chi connectivity index (χ3v) is 7.02. The average Bonchev–Trinajstić information content (AvgIpc) is 3.28. The minimum Gasteiger partial charge on any atom is -0.496 e. The van der Waals surface area contributed by atoms with Crippen molar-refractivity contribution >= 4 is 11.8 Å². The number of fused-ring (bicyclic) bond motifs is 1. The second-order valence-electron chi connectivity index (χ2n) is 9.14. The summed E-state index contributed by atoms with van der Waals surface area (Å²) in [5.41, 5.74) is 4.90. The third kappa shape index (κ3) is 4.11. The van der Waals surface area contributed by atoms with Crippen LogP contribution in [-0.4, -0.2) is 37.0 Å². The standard InChI is InChI=1S/C26H30N2O4/c1-16(18-4-6-23-19(12-18)9-10-32-23)27-14-17-3-5-21(24(11-17)31-2)22-13-20(22)15-28-25(29)7-8-26(28)30/h3-6,11-12,16,20,22,27H,7-10,13-15H2,1-2H3. The van der Waals surface area contributed by atoms with Crippen LogP contribution in [0.3, 0.4) is 0 Å². The lowest BCUT2D eigenvalue weighted by atomic mass is 10.0. The fourth-order valence-electron chi connectivity index (χ4n) is 4.93. The Bertz CT molecular complexity index is 1030. The van der Waals surface area contributed by atoms with Gasteiger partial charge in [0.15, 0.2) is 0 Å². The van der Waals surface area contributed by atoms with E-state index in [1.807, 2.05) is 0 Å². The lowest BCUT2D eigenvalue weighted by Gasteiger charge is -2.17. The summed E-state index contributed by atoms with van der Waals surface area (Å²) in [5.74, 6) is 2.53. The molecule has 5 rings (SSSR count). The SMILES string of the molecule is COc1cc(CNC(C)c2ccc3c(c2)CCO3)ccc1C1CC1CN1C(=O)CCC1=O. The first-order chi connectivity index (χ1) is 15.5. The topological polar surface area (TPSA) is 67.9 Å². The van der Waals surface area contributed by atoms with E-state index in [0.29, 0.717) is 31.2 Å². The number of benzene rings is 2. The van der Waals surface area contributed by atoms with E-state index in [0.717, 1.165) is 37.5 Å². The van der Waals surface area contributed by atoms with Crippen molar-refractivity contribution in [3.8, 4) is 11.5 Å². The van der Waals surface area contributed by atoms with Crippen LogP contribution >= 0.6 is 0 Å². The zero-order valence-corrected chi connectivity index (χ0v) is 18.7. The molecule has 2 aliphatic heterocycles. The van der Waals surface area contributed by atoms with Crippen molar-refractivity contribution in [2.75, 3.05) is 20.3 Å². The van der Waals surface area contributed by atoms with E-state index in [2.05, 4.69) is 48.6 Å². The van der Waals surface area contributed by atoms with Gasteiger partial charge in [-0.3, -0.25) is 14.5 Å². The Morgan fingerprint density at radius 3 is 2.72 bits per heavy atom. The van der Waals surface area contributed by atoms with Crippen molar-refractivity contribution < 1.29 is 19.1 Å². The number of methoxy groups -OCH3 is 1. The molecule has 3 atom stereocenters. The van der Waals surface area contributed by atoms with Crippen LogP contribution in [0, 0.1) is 5.92 Å². The van der Waals surface area contributed by atoms with Gasteiger partial charge in [-0.05, 0) is 59.6 Å². The highest BCUT2D eigenvalue weighted by Gasteiger charge is 2.43. The van der Waals surface area contributed by atoms with Gasteiger partial charge in [-0.2, -0.15) is 0 Å². The zero-order valence-electron chi connectivity index (χ0n) is 18.7. The second kappa shape index (κ2) is 8.58. The molecule has 32 heavy (non-hydrogen) atoms. The van der Waals surface area contributed by atoms with E-state index in [1.54, 1.807) is 7.11 Å². The van der Waals surface area contributed by atoms with Gasteiger partial charge in [0.25, 0.3) is 0 Å². The third-order valence-electron chi connectivity index (χ3n) is 7.02. The van der Waals surface area contributed by atoms with Crippen LogP contribution in [0.4, 0.5) is 0 Å². The average molecular weight is 435 g/mol. The number of carbonyl (C=O) groups is 2. The van der Waals surface area contributed by atoms with Gasteiger partial charge >= 0.3 is 0 Å². The number of carbonyl (C=O) groups excluding carboxylic acids is 2. The highest BCUT2D eigenvalue weighted by Crippen LogP contribution is 2.51. The van der Waals surface area contributed by atoms with Crippen LogP contribution in [0.5, 0.6) is 11.5 Å². The van der Waals surface area contributed by atoms with Crippen molar-refractivity contribution in [1.29, 1.82) is 0 Å². The molecule has 6 nitrogen and oxygen atoms in total. The van der Waals surface area contributed by atoms with Crippen LogP contribution in [-0.2, 0) is 22.6 Å². The van der Waals surface area contributed by atoms with E-state index in [1.165, 1.54) is 27.2 Å².